The fraction of sp³-hybridized carbons (Fsp3) is 0.118. The first kappa shape index (κ1) is 12.9. The highest BCUT2D eigenvalue weighted by Crippen LogP contribution is 2.24. The maximum atomic E-state index is 12.4. The molecule has 100 valence electrons. The molecule has 0 unspecified atom stereocenters. The number of halogens is 1. The van der Waals surface area contributed by atoms with Crippen LogP contribution in [0.2, 0.25) is 5.02 Å². The average molecular weight is 284 g/mol. The number of hydrogen-bond acceptors (Lipinski definition) is 1. The monoisotopic (exact) mass is 283 g/mol. The van der Waals surface area contributed by atoms with Gasteiger partial charge in [-0.1, -0.05) is 41.9 Å². The number of carbonyl (C=O) groups excluding carboxylic acids is 1. The Morgan fingerprint density at radius 3 is 2.70 bits per heavy atom. The third-order valence-corrected chi connectivity index (χ3v) is 3.85. The molecule has 3 heteroatoms. The van der Waals surface area contributed by atoms with Gasteiger partial charge in [-0.25, -0.2) is 0 Å². The van der Waals surface area contributed by atoms with Crippen molar-refractivity contribution in [1.29, 1.82) is 0 Å². The molecule has 0 bridgehead atoms. The van der Waals surface area contributed by atoms with Gasteiger partial charge in [-0.3, -0.25) is 4.79 Å². The summed E-state index contributed by atoms with van der Waals surface area (Å²) in [5.74, 6) is 0.112. The Kier molecular flexibility index (Phi) is 3.33. The fourth-order valence-electron chi connectivity index (χ4n) is 2.45. The lowest BCUT2D eigenvalue weighted by atomic mass is 10.1. The van der Waals surface area contributed by atoms with Gasteiger partial charge in [-0.15, -0.1) is 0 Å². The minimum atomic E-state index is 0.112. The number of ketones is 1. The molecule has 0 saturated carbocycles. The highest BCUT2D eigenvalue weighted by atomic mass is 35.5. The second kappa shape index (κ2) is 5.14. The minimum Gasteiger partial charge on any atom is -0.340 e. The maximum Gasteiger partial charge on any atom is 0.182 e. The van der Waals surface area contributed by atoms with E-state index in [1.807, 2.05) is 66.2 Å². The highest BCUT2D eigenvalue weighted by Gasteiger charge is 2.11. The van der Waals surface area contributed by atoms with E-state index in [-0.39, 0.29) is 5.78 Å². The summed E-state index contributed by atoms with van der Waals surface area (Å²) in [4.78, 5) is 12.4. The average Bonchev–Trinajstić information content (AvgIpc) is 2.84. The first-order valence-electron chi connectivity index (χ1n) is 6.49. The minimum absolute atomic E-state index is 0.112. The van der Waals surface area contributed by atoms with Crippen molar-refractivity contribution < 1.29 is 4.79 Å². The lowest BCUT2D eigenvalue weighted by Crippen LogP contribution is -2.10. The van der Waals surface area contributed by atoms with Gasteiger partial charge in [0.05, 0.1) is 6.54 Å². The number of rotatable bonds is 3. The summed E-state index contributed by atoms with van der Waals surface area (Å²) in [5, 5.41) is 1.69. The van der Waals surface area contributed by atoms with E-state index in [1.54, 1.807) is 0 Å². The van der Waals surface area contributed by atoms with Crippen LogP contribution in [0.15, 0.2) is 54.7 Å². The summed E-state index contributed by atoms with van der Waals surface area (Å²) < 4.78 is 1.94. The standard InChI is InChI=1S/C17H14ClNO/c1-12-5-2-3-6-13(12)17(20)11-19-10-9-14-15(18)7-4-8-16(14)19/h2-10H,11H2,1H3. The molecule has 20 heavy (non-hydrogen) atoms. The van der Waals surface area contributed by atoms with Crippen molar-refractivity contribution in [3.8, 4) is 0 Å². The van der Waals surface area contributed by atoms with E-state index >= 15 is 0 Å². The van der Waals surface area contributed by atoms with Crippen LogP contribution in [0.4, 0.5) is 0 Å². The van der Waals surface area contributed by atoms with Crippen LogP contribution in [0.5, 0.6) is 0 Å². The zero-order valence-electron chi connectivity index (χ0n) is 11.1. The molecule has 0 aliphatic rings. The topological polar surface area (TPSA) is 22.0 Å². The number of aromatic nitrogens is 1. The van der Waals surface area contributed by atoms with Gasteiger partial charge in [0.25, 0.3) is 0 Å². The van der Waals surface area contributed by atoms with Gasteiger partial charge >= 0.3 is 0 Å². The summed E-state index contributed by atoms with van der Waals surface area (Å²) in [6.07, 6.45) is 1.91. The van der Waals surface area contributed by atoms with Gasteiger partial charge in [0, 0.05) is 27.7 Å². The first-order chi connectivity index (χ1) is 9.66. The van der Waals surface area contributed by atoms with E-state index in [2.05, 4.69) is 0 Å². The molecule has 2 nitrogen and oxygen atoms in total. The summed E-state index contributed by atoms with van der Waals surface area (Å²) in [7, 11) is 0. The van der Waals surface area contributed by atoms with Crippen LogP contribution in [0.25, 0.3) is 10.9 Å². The molecule has 0 aliphatic carbocycles. The zero-order chi connectivity index (χ0) is 14.1. The second-order valence-electron chi connectivity index (χ2n) is 4.85. The van der Waals surface area contributed by atoms with E-state index < -0.39 is 0 Å². The quantitative estimate of drug-likeness (QED) is 0.649. The van der Waals surface area contributed by atoms with Gasteiger partial charge in [0.15, 0.2) is 5.78 Å². The van der Waals surface area contributed by atoms with Crippen molar-refractivity contribution in [1.82, 2.24) is 4.57 Å². The van der Waals surface area contributed by atoms with Gasteiger partial charge in [-0.2, -0.15) is 0 Å². The van der Waals surface area contributed by atoms with E-state index in [1.165, 1.54) is 0 Å². The van der Waals surface area contributed by atoms with Crippen LogP contribution in [-0.4, -0.2) is 10.4 Å². The molecule has 1 aromatic heterocycles. The Morgan fingerprint density at radius 2 is 1.90 bits per heavy atom. The molecule has 0 aliphatic heterocycles. The Bertz CT molecular complexity index is 789. The lowest BCUT2D eigenvalue weighted by Gasteiger charge is -2.07. The number of aryl methyl sites for hydroxylation is 1. The molecule has 1 heterocycles. The maximum absolute atomic E-state index is 12.4. The van der Waals surface area contributed by atoms with Crippen molar-refractivity contribution in [3.05, 3.63) is 70.9 Å². The predicted molar refractivity (Wildman–Crippen MR) is 82.5 cm³/mol. The van der Waals surface area contributed by atoms with Gasteiger partial charge in [0.1, 0.15) is 0 Å². The molecule has 0 fully saturated rings. The molecule has 0 N–H and O–H groups in total. The molecule has 0 atom stereocenters. The van der Waals surface area contributed by atoms with Crippen LogP contribution < -0.4 is 0 Å². The predicted octanol–water partition coefficient (Wildman–Crippen LogP) is 4.49. The fourth-order valence-corrected chi connectivity index (χ4v) is 2.68. The van der Waals surface area contributed by atoms with Crippen molar-refractivity contribution >= 4 is 28.3 Å². The molecular weight excluding hydrogens is 270 g/mol. The van der Waals surface area contributed by atoms with E-state index in [0.29, 0.717) is 11.6 Å². The molecule has 3 rings (SSSR count). The number of hydrogen-bond donors (Lipinski definition) is 0. The molecule has 0 spiro atoms. The first-order valence-corrected chi connectivity index (χ1v) is 6.87. The Labute approximate surface area is 122 Å². The Morgan fingerprint density at radius 1 is 1.10 bits per heavy atom. The van der Waals surface area contributed by atoms with Crippen molar-refractivity contribution in [2.45, 2.75) is 13.5 Å². The summed E-state index contributed by atoms with van der Waals surface area (Å²) >= 11 is 6.15. The van der Waals surface area contributed by atoms with Crippen molar-refractivity contribution in [2.24, 2.45) is 0 Å². The number of benzene rings is 2. The van der Waals surface area contributed by atoms with Crippen molar-refractivity contribution in [2.75, 3.05) is 0 Å². The van der Waals surface area contributed by atoms with E-state index in [9.17, 15) is 4.79 Å². The smallest absolute Gasteiger partial charge is 0.182 e. The number of Topliss-reactive ketones (excluding diaryl/α,β-unsaturated/α-hetero) is 1. The molecule has 0 saturated heterocycles. The van der Waals surface area contributed by atoms with Crippen LogP contribution in [-0.2, 0) is 6.54 Å². The summed E-state index contributed by atoms with van der Waals surface area (Å²) in [6.45, 7) is 2.28. The third kappa shape index (κ3) is 2.23. The van der Waals surface area contributed by atoms with E-state index in [0.717, 1.165) is 22.0 Å². The van der Waals surface area contributed by atoms with Gasteiger partial charge in [0.2, 0.25) is 0 Å². The van der Waals surface area contributed by atoms with Crippen molar-refractivity contribution in [3.63, 3.8) is 0 Å². The Hall–Kier alpha value is -2.06. The van der Waals surface area contributed by atoms with Gasteiger partial charge < -0.3 is 4.57 Å². The molecule has 3 aromatic rings. The number of nitrogens with zero attached hydrogens (tertiary/aromatic N) is 1. The summed E-state index contributed by atoms with van der Waals surface area (Å²) in [5.41, 5.74) is 2.77. The number of fused-ring (bicyclic) bond motifs is 1. The summed E-state index contributed by atoms with van der Waals surface area (Å²) in [6, 6.07) is 15.3. The molecule has 2 aromatic carbocycles. The second-order valence-corrected chi connectivity index (χ2v) is 5.26. The van der Waals surface area contributed by atoms with Crippen LogP contribution >= 0.6 is 11.6 Å². The van der Waals surface area contributed by atoms with E-state index in [4.69, 9.17) is 11.6 Å². The SMILES string of the molecule is Cc1ccccc1C(=O)Cn1ccc2c(Cl)cccc21. The number of carbonyl (C=O) groups is 1. The highest BCUT2D eigenvalue weighted by molar-refractivity contribution is 6.35. The Balaban J connectivity index is 1.96. The van der Waals surface area contributed by atoms with Gasteiger partial charge in [-0.05, 0) is 30.7 Å². The molecule has 0 radical (unpaired) electrons. The van der Waals surface area contributed by atoms with Crippen LogP contribution in [0.1, 0.15) is 15.9 Å². The zero-order valence-corrected chi connectivity index (χ0v) is 11.9. The largest absolute Gasteiger partial charge is 0.340 e. The lowest BCUT2D eigenvalue weighted by molar-refractivity contribution is 0.0973. The molecular formula is C17H14ClNO. The van der Waals surface area contributed by atoms with Crippen LogP contribution in [0, 0.1) is 6.92 Å². The molecule has 0 amide bonds. The third-order valence-electron chi connectivity index (χ3n) is 3.52. The van der Waals surface area contributed by atoms with Crippen LogP contribution in [0.3, 0.4) is 0 Å². The normalized spacial score (nSPS) is 10.9.